The normalized spacial score (nSPS) is 11.3. The molecule has 0 aliphatic rings. The van der Waals surface area contributed by atoms with Gasteiger partial charge in [-0.3, -0.25) is 5.43 Å². The van der Waals surface area contributed by atoms with E-state index in [2.05, 4.69) is 10.5 Å². The van der Waals surface area contributed by atoms with Crippen LogP contribution in [0.15, 0.2) is 5.10 Å². The van der Waals surface area contributed by atoms with Crippen molar-refractivity contribution >= 4 is 6.02 Å². The molecule has 0 saturated heterocycles. The molecular formula is C7H17N3O2. The van der Waals surface area contributed by atoms with Crippen molar-refractivity contribution in [3.63, 3.8) is 0 Å². The minimum Gasteiger partial charge on any atom is -0.464 e. The summed E-state index contributed by atoms with van der Waals surface area (Å²) >= 11 is 0. The first-order valence-corrected chi connectivity index (χ1v) is 4.07. The molecule has 0 aliphatic heterocycles. The number of rotatable bonds is 6. The Labute approximate surface area is 72.9 Å². The summed E-state index contributed by atoms with van der Waals surface area (Å²) in [6, 6.07) is 0.137. The lowest BCUT2D eigenvalue weighted by Crippen LogP contribution is -2.22. The van der Waals surface area contributed by atoms with E-state index in [0.29, 0.717) is 13.3 Å². The van der Waals surface area contributed by atoms with E-state index in [9.17, 15) is 0 Å². The lowest BCUT2D eigenvalue weighted by Gasteiger charge is -2.03. The molecule has 0 heterocycles. The van der Waals surface area contributed by atoms with Gasteiger partial charge in [-0.05, 0) is 13.3 Å². The van der Waals surface area contributed by atoms with Crippen LogP contribution in [0.5, 0.6) is 0 Å². The van der Waals surface area contributed by atoms with Crippen LogP contribution in [0.3, 0.4) is 0 Å². The van der Waals surface area contributed by atoms with E-state index in [-0.39, 0.29) is 6.02 Å². The number of nitrogens with two attached hydrogens (primary N) is 1. The summed E-state index contributed by atoms with van der Waals surface area (Å²) in [7, 11) is 0. The molecule has 5 heteroatoms. The van der Waals surface area contributed by atoms with Crippen LogP contribution in [0.25, 0.3) is 0 Å². The lowest BCUT2D eigenvalue weighted by atomic mass is 10.5. The first-order valence-electron chi connectivity index (χ1n) is 4.07. The van der Waals surface area contributed by atoms with Crippen molar-refractivity contribution in [3.05, 3.63) is 0 Å². The van der Waals surface area contributed by atoms with Crippen LogP contribution in [0, 0.1) is 0 Å². The average Bonchev–Trinajstić information content (AvgIpc) is 2.05. The summed E-state index contributed by atoms with van der Waals surface area (Å²) in [4.78, 5) is 0. The molecule has 0 spiro atoms. The van der Waals surface area contributed by atoms with Crippen molar-refractivity contribution in [1.82, 2.24) is 5.43 Å². The third-order valence-corrected chi connectivity index (χ3v) is 0.997. The molecule has 12 heavy (non-hydrogen) atoms. The molecule has 0 aliphatic carbocycles. The van der Waals surface area contributed by atoms with Crippen molar-refractivity contribution < 1.29 is 9.47 Å². The van der Waals surface area contributed by atoms with Crippen LogP contribution in [-0.4, -0.2) is 26.0 Å². The molecule has 0 atom stereocenters. The SMILES string of the molecule is CCCOCN/N=C(\N)OCC. The van der Waals surface area contributed by atoms with Gasteiger partial charge in [0.1, 0.15) is 6.73 Å². The fourth-order valence-corrected chi connectivity index (χ4v) is 0.553. The van der Waals surface area contributed by atoms with Crippen LogP contribution in [0.1, 0.15) is 20.3 Å². The van der Waals surface area contributed by atoms with Gasteiger partial charge in [0.15, 0.2) is 0 Å². The predicted octanol–water partition coefficient (Wildman–Crippen LogP) is 0.226. The summed E-state index contributed by atoms with van der Waals surface area (Å²) in [5, 5.41) is 3.68. The van der Waals surface area contributed by atoms with E-state index in [1.54, 1.807) is 0 Å². The van der Waals surface area contributed by atoms with E-state index in [1.165, 1.54) is 0 Å². The molecule has 0 aromatic rings. The number of nitrogens with zero attached hydrogens (tertiary/aromatic N) is 1. The van der Waals surface area contributed by atoms with Gasteiger partial charge in [0.05, 0.1) is 6.61 Å². The fraction of sp³-hybridized carbons (Fsp3) is 0.857. The smallest absolute Gasteiger partial charge is 0.303 e. The minimum atomic E-state index is 0.137. The van der Waals surface area contributed by atoms with Crippen LogP contribution in [0.4, 0.5) is 0 Å². The van der Waals surface area contributed by atoms with Crippen molar-refractivity contribution in [1.29, 1.82) is 0 Å². The van der Waals surface area contributed by atoms with Gasteiger partial charge < -0.3 is 15.2 Å². The Hall–Kier alpha value is -0.970. The summed E-state index contributed by atoms with van der Waals surface area (Å²) in [5.41, 5.74) is 7.93. The minimum absolute atomic E-state index is 0.137. The lowest BCUT2D eigenvalue weighted by molar-refractivity contribution is 0.117. The molecule has 0 saturated carbocycles. The molecule has 0 fully saturated rings. The monoisotopic (exact) mass is 175 g/mol. The summed E-state index contributed by atoms with van der Waals surface area (Å²) in [6.45, 7) is 5.49. The Morgan fingerprint density at radius 3 is 2.83 bits per heavy atom. The molecule has 5 nitrogen and oxygen atoms in total. The third kappa shape index (κ3) is 7.14. The van der Waals surface area contributed by atoms with Gasteiger partial charge in [-0.25, -0.2) is 0 Å². The number of nitrogens with one attached hydrogen (secondary N) is 1. The first kappa shape index (κ1) is 11.0. The largest absolute Gasteiger partial charge is 0.464 e. The van der Waals surface area contributed by atoms with E-state index in [4.69, 9.17) is 15.2 Å². The van der Waals surface area contributed by atoms with Gasteiger partial charge in [0.25, 0.3) is 0 Å². The van der Waals surface area contributed by atoms with Crippen molar-refractivity contribution in [3.8, 4) is 0 Å². The van der Waals surface area contributed by atoms with Gasteiger partial charge >= 0.3 is 6.02 Å². The fourth-order valence-electron chi connectivity index (χ4n) is 0.553. The van der Waals surface area contributed by atoms with Crippen molar-refractivity contribution in [2.24, 2.45) is 10.8 Å². The van der Waals surface area contributed by atoms with Crippen molar-refractivity contribution in [2.75, 3.05) is 19.9 Å². The number of hydrogen-bond acceptors (Lipinski definition) is 4. The molecule has 0 rings (SSSR count). The van der Waals surface area contributed by atoms with E-state index in [0.717, 1.165) is 13.0 Å². The third-order valence-electron chi connectivity index (χ3n) is 0.997. The van der Waals surface area contributed by atoms with Gasteiger partial charge in [-0.2, -0.15) is 0 Å². The Morgan fingerprint density at radius 1 is 1.50 bits per heavy atom. The van der Waals surface area contributed by atoms with Gasteiger partial charge in [0.2, 0.25) is 0 Å². The summed E-state index contributed by atoms with van der Waals surface area (Å²) in [5.74, 6) is 0. The number of amidine groups is 1. The molecule has 0 radical (unpaired) electrons. The molecular weight excluding hydrogens is 158 g/mol. The zero-order valence-corrected chi connectivity index (χ0v) is 7.67. The van der Waals surface area contributed by atoms with Gasteiger partial charge in [-0.15, -0.1) is 5.10 Å². The van der Waals surface area contributed by atoms with Crippen LogP contribution < -0.4 is 11.2 Å². The molecule has 0 amide bonds. The standard InChI is InChI=1S/C7H17N3O2/c1-3-5-11-6-9-10-7(8)12-4-2/h9H,3-6H2,1-2H3,(H2,8,10). The Morgan fingerprint density at radius 2 is 2.25 bits per heavy atom. The quantitative estimate of drug-likeness (QED) is 0.199. The topological polar surface area (TPSA) is 68.9 Å². The van der Waals surface area contributed by atoms with E-state index < -0.39 is 0 Å². The Balaban J connectivity index is 3.21. The maximum absolute atomic E-state index is 5.31. The maximum atomic E-state index is 5.31. The van der Waals surface area contributed by atoms with Crippen LogP contribution >= 0.6 is 0 Å². The highest BCUT2D eigenvalue weighted by atomic mass is 16.5. The Kier molecular flexibility index (Phi) is 7.47. The van der Waals surface area contributed by atoms with Crippen LogP contribution in [0.2, 0.25) is 0 Å². The summed E-state index contributed by atoms with van der Waals surface area (Å²) in [6.07, 6.45) is 0.992. The molecule has 0 aromatic carbocycles. The molecule has 0 aromatic heterocycles. The van der Waals surface area contributed by atoms with Crippen molar-refractivity contribution in [2.45, 2.75) is 20.3 Å². The Bertz CT molecular complexity index is 128. The molecule has 0 bridgehead atoms. The predicted molar refractivity (Wildman–Crippen MR) is 47.5 cm³/mol. The first-order chi connectivity index (χ1) is 5.81. The molecule has 0 unspecified atom stereocenters. The zero-order chi connectivity index (χ0) is 9.23. The number of ether oxygens (including phenoxy) is 2. The molecule has 72 valence electrons. The average molecular weight is 175 g/mol. The highest BCUT2D eigenvalue weighted by molar-refractivity contribution is 5.70. The highest BCUT2D eigenvalue weighted by Gasteiger charge is 1.87. The van der Waals surface area contributed by atoms with Gasteiger partial charge in [-0.1, -0.05) is 6.92 Å². The van der Waals surface area contributed by atoms with Gasteiger partial charge in [0, 0.05) is 6.61 Å². The second kappa shape index (κ2) is 8.13. The number of hydrogen-bond donors (Lipinski definition) is 2. The second-order valence-electron chi connectivity index (χ2n) is 2.09. The van der Waals surface area contributed by atoms with E-state index in [1.807, 2.05) is 13.8 Å². The number of hydrazone groups is 1. The highest BCUT2D eigenvalue weighted by Crippen LogP contribution is 1.77. The zero-order valence-electron chi connectivity index (χ0n) is 7.67. The summed E-state index contributed by atoms with van der Waals surface area (Å²) < 4.78 is 9.94. The maximum Gasteiger partial charge on any atom is 0.303 e. The second-order valence-corrected chi connectivity index (χ2v) is 2.09. The van der Waals surface area contributed by atoms with E-state index >= 15 is 0 Å². The molecule has 3 N–H and O–H groups in total. The van der Waals surface area contributed by atoms with Crippen LogP contribution in [-0.2, 0) is 9.47 Å².